The molecule has 0 atom stereocenters. The van der Waals surface area contributed by atoms with Gasteiger partial charge in [0.15, 0.2) is 0 Å². The van der Waals surface area contributed by atoms with Gasteiger partial charge in [-0.3, -0.25) is 9.89 Å². The van der Waals surface area contributed by atoms with Crippen LogP contribution in [-0.4, -0.2) is 27.6 Å². The van der Waals surface area contributed by atoms with Crippen molar-refractivity contribution in [2.75, 3.05) is 11.4 Å². The van der Waals surface area contributed by atoms with Gasteiger partial charge in [0.25, 0.3) is 5.91 Å². The Morgan fingerprint density at radius 2 is 2.17 bits per heavy atom. The summed E-state index contributed by atoms with van der Waals surface area (Å²) in [5, 5.41) is 14.8. The minimum absolute atomic E-state index is 0.164. The highest BCUT2D eigenvalue weighted by Crippen LogP contribution is 2.15. The first kappa shape index (κ1) is 11.8. The zero-order valence-electron chi connectivity index (χ0n) is 9.58. The van der Waals surface area contributed by atoms with Gasteiger partial charge in [0.1, 0.15) is 6.33 Å². The molecule has 1 amide bonds. The molecule has 0 spiro atoms. The van der Waals surface area contributed by atoms with E-state index in [1.807, 2.05) is 36.4 Å². The van der Waals surface area contributed by atoms with Crippen LogP contribution in [0.2, 0.25) is 0 Å². The minimum Gasteiger partial charge on any atom is -0.305 e. The second kappa shape index (κ2) is 5.59. The molecule has 6 nitrogen and oxygen atoms in total. The van der Waals surface area contributed by atoms with Crippen molar-refractivity contribution in [2.24, 2.45) is 0 Å². The largest absolute Gasteiger partial charge is 0.305 e. The Labute approximate surface area is 104 Å². The van der Waals surface area contributed by atoms with Crippen molar-refractivity contribution in [3.63, 3.8) is 0 Å². The average molecular weight is 241 g/mol. The maximum atomic E-state index is 12.2. The minimum atomic E-state index is -0.297. The summed E-state index contributed by atoms with van der Waals surface area (Å²) in [5.41, 5.74) is 0.731. The van der Waals surface area contributed by atoms with Crippen molar-refractivity contribution in [3.05, 3.63) is 42.5 Å². The zero-order valence-corrected chi connectivity index (χ0v) is 9.58. The van der Waals surface area contributed by atoms with Gasteiger partial charge in [-0.25, -0.2) is 4.98 Å². The summed E-state index contributed by atoms with van der Waals surface area (Å²) in [6.07, 6.45) is 1.54. The van der Waals surface area contributed by atoms with E-state index in [9.17, 15) is 4.79 Å². The monoisotopic (exact) mass is 241 g/mol. The summed E-state index contributed by atoms with van der Waals surface area (Å²) in [6, 6.07) is 11.2. The smallest absolute Gasteiger partial charge is 0.295 e. The molecule has 6 heteroatoms. The topological polar surface area (TPSA) is 85.7 Å². The van der Waals surface area contributed by atoms with Gasteiger partial charge in [-0.05, 0) is 12.1 Å². The molecule has 0 saturated heterocycles. The molecule has 0 aliphatic carbocycles. The molecule has 1 aromatic carbocycles. The molecule has 0 aliphatic rings. The molecule has 0 saturated carbocycles. The van der Waals surface area contributed by atoms with E-state index < -0.39 is 0 Å². The number of carbonyl (C=O) groups excluding carboxylic acids is 1. The molecule has 1 aromatic heterocycles. The number of nitrogens with zero attached hydrogens (tertiary/aromatic N) is 4. The average Bonchev–Trinajstić information content (AvgIpc) is 2.94. The second-order valence-corrected chi connectivity index (χ2v) is 3.53. The molecule has 90 valence electrons. The number of aromatic amines is 1. The van der Waals surface area contributed by atoms with E-state index in [0.29, 0.717) is 6.54 Å². The Bertz CT molecular complexity index is 544. The SMILES string of the molecule is N#CCCN(C(=O)c1ncn[nH]1)c1ccccc1. The van der Waals surface area contributed by atoms with Crippen LogP contribution >= 0.6 is 0 Å². The predicted molar refractivity (Wildman–Crippen MR) is 64.7 cm³/mol. The van der Waals surface area contributed by atoms with Gasteiger partial charge in [0.2, 0.25) is 5.82 Å². The summed E-state index contributed by atoms with van der Waals surface area (Å²) in [5.74, 6) is -0.134. The molecule has 2 aromatic rings. The van der Waals surface area contributed by atoms with Gasteiger partial charge in [-0.15, -0.1) is 0 Å². The molecule has 1 N–H and O–H groups in total. The Balaban J connectivity index is 2.26. The first-order valence-electron chi connectivity index (χ1n) is 5.42. The first-order valence-corrected chi connectivity index (χ1v) is 5.42. The van der Waals surface area contributed by atoms with E-state index in [1.54, 1.807) is 0 Å². The molecule has 2 rings (SSSR count). The number of rotatable bonds is 4. The molecule has 0 aliphatic heterocycles. The number of anilines is 1. The third-order valence-corrected chi connectivity index (χ3v) is 2.38. The summed E-state index contributed by atoms with van der Waals surface area (Å²) < 4.78 is 0. The lowest BCUT2D eigenvalue weighted by atomic mass is 10.2. The van der Waals surface area contributed by atoms with Crippen molar-refractivity contribution in [1.29, 1.82) is 5.26 Å². The van der Waals surface area contributed by atoms with E-state index in [2.05, 4.69) is 15.2 Å². The molecule has 0 radical (unpaired) electrons. The molecule has 18 heavy (non-hydrogen) atoms. The Hall–Kier alpha value is -2.68. The van der Waals surface area contributed by atoms with Crippen LogP contribution in [0.25, 0.3) is 0 Å². The van der Waals surface area contributed by atoms with Crippen LogP contribution in [0.15, 0.2) is 36.7 Å². The third-order valence-electron chi connectivity index (χ3n) is 2.38. The second-order valence-electron chi connectivity index (χ2n) is 3.53. The summed E-state index contributed by atoms with van der Waals surface area (Å²) in [7, 11) is 0. The van der Waals surface area contributed by atoms with Crippen LogP contribution in [0.5, 0.6) is 0 Å². The summed E-state index contributed by atoms with van der Waals surface area (Å²) in [4.78, 5) is 17.5. The van der Waals surface area contributed by atoms with E-state index >= 15 is 0 Å². The highest BCUT2D eigenvalue weighted by Gasteiger charge is 2.19. The number of nitriles is 1. The number of nitrogens with one attached hydrogen (secondary N) is 1. The quantitative estimate of drug-likeness (QED) is 0.875. The predicted octanol–water partition coefficient (Wildman–Crippen LogP) is 1.37. The zero-order chi connectivity index (χ0) is 12.8. The van der Waals surface area contributed by atoms with E-state index in [1.165, 1.54) is 11.2 Å². The molecular weight excluding hydrogens is 230 g/mol. The fourth-order valence-electron chi connectivity index (χ4n) is 1.55. The van der Waals surface area contributed by atoms with Crippen LogP contribution in [0.1, 0.15) is 17.0 Å². The molecule has 1 heterocycles. The summed E-state index contributed by atoms with van der Waals surface area (Å²) >= 11 is 0. The number of amides is 1. The molecule has 0 unspecified atom stereocenters. The van der Waals surface area contributed by atoms with Gasteiger partial charge in [0, 0.05) is 12.2 Å². The lowest BCUT2D eigenvalue weighted by molar-refractivity contribution is 0.0978. The van der Waals surface area contributed by atoms with Crippen molar-refractivity contribution in [3.8, 4) is 6.07 Å². The standard InChI is InChI=1S/C12H11N5O/c13-7-4-8-17(10-5-2-1-3-6-10)12(18)11-14-9-15-16-11/h1-3,5-6,9H,4,8H2,(H,14,15,16). The summed E-state index contributed by atoms with van der Waals surface area (Å²) in [6.45, 7) is 0.319. The first-order chi connectivity index (χ1) is 8.83. The van der Waals surface area contributed by atoms with Crippen LogP contribution in [0, 0.1) is 11.3 Å². The fraction of sp³-hybridized carbons (Fsp3) is 0.167. The van der Waals surface area contributed by atoms with E-state index in [-0.39, 0.29) is 18.2 Å². The lowest BCUT2D eigenvalue weighted by Gasteiger charge is -2.20. The fourth-order valence-corrected chi connectivity index (χ4v) is 1.55. The number of aromatic nitrogens is 3. The third kappa shape index (κ3) is 2.52. The van der Waals surface area contributed by atoms with Crippen LogP contribution < -0.4 is 4.90 Å². The Morgan fingerprint density at radius 1 is 1.39 bits per heavy atom. The number of benzene rings is 1. The van der Waals surface area contributed by atoms with Crippen molar-refractivity contribution >= 4 is 11.6 Å². The van der Waals surface area contributed by atoms with E-state index in [4.69, 9.17) is 5.26 Å². The highest BCUT2D eigenvalue weighted by molar-refractivity contribution is 6.03. The normalized spacial score (nSPS) is 9.72. The van der Waals surface area contributed by atoms with Crippen molar-refractivity contribution in [1.82, 2.24) is 15.2 Å². The highest BCUT2D eigenvalue weighted by atomic mass is 16.2. The Kier molecular flexibility index (Phi) is 3.66. The number of hydrogen-bond acceptors (Lipinski definition) is 4. The van der Waals surface area contributed by atoms with Gasteiger partial charge < -0.3 is 4.90 Å². The number of H-pyrrole nitrogens is 1. The van der Waals surface area contributed by atoms with E-state index in [0.717, 1.165) is 5.69 Å². The van der Waals surface area contributed by atoms with Gasteiger partial charge in [-0.1, -0.05) is 18.2 Å². The van der Waals surface area contributed by atoms with Gasteiger partial charge >= 0.3 is 0 Å². The number of carbonyl (C=O) groups is 1. The Morgan fingerprint density at radius 3 is 2.78 bits per heavy atom. The van der Waals surface area contributed by atoms with Gasteiger partial charge in [-0.2, -0.15) is 10.4 Å². The molecule has 0 bridgehead atoms. The van der Waals surface area contributed by atoms with Crippen LogP contribution in [0.4, 0.5) is 5.69 Å². The lowest BCUT2D eigenvalue weighted by Crippen LogP contribution is -2.32. The van der Waals surface area contributed by atoms with Crippen LogP contribution in [0.3, 0.4) is 0 Å². The maximum Gasteiger partial charge on any atom is 0.295 e. The maximum absolute atomic E-state index is 12.2. The van der Waals surface area contributed by atoms with Crippen molar-refractivity contribution < 1.29 is 4.79 Å². The molecule has 0 fully saturated rings. The van der Waals surface area contributed by atoms with Gasteiger partial charge in [0.05, 0.1) is 12.5 Å². The molecular formula is C12H11N5O. The number of para-hydroxylation sites is 1. The van der Waals surface area contributed by atoms with Crippen molar-refractivity contribution in [2.45, 2.75) is 6.42 Å². The van der Waals surface area contributed by atoms with Crippen LogP contribution in [-0.2, 0) is 0 Å². The number of hydrogen-bond donors (Lipinski definition) is 1.